The summed E-state index contributed by atoms with van der Waals surface area (Å²) in [5.74, 6) is 0.178. The summed E-state index contributed by atoms with van der Waals surface area (Å²) >= 11 is 0. The van der Waals surface area contributed by atoms with Crippen LogP contribution in [0.2, 0.25) is 0 Å². The fraction of sp³-hybridized carbons (Fsp3) is 0.611. The molecule has 1 N–H and O–H groups in total. The Morgan fingerprint density at radius 1 is 1.30 bits per heavy atom. The van der Waals surface area contributed by atoms with E-state index in [0.717, 1.165) is 32.7 Å². The Kier molecular flexibility index (Phi) is 4.99. The molecule has 2 saturated heterocycles. The zero-order chi connectivity index (χ0) is 16.3. The molecule has 0 aliphatic carbocycles. The first kappa shape index (κ1) is 16.4. The number of benzene rings is 1. The van der Waals surface area contributed by atoms with Crippen LogP contribution in [0.3, 0.4) is 0 Å². The minimum Gasteiger partial charge on any atom is -0.378 e. The SMILES string of the molecule is CC1(C)CN(C(=O)C2COCCN2)CCN1Cc1ccccc1. The van der Waals surface area contributed by atoms with Crippen molar-refractivity contribution >= 4 is 5.91 Å². The predicted octanol–water partition coefficient (Wildman–Crippen LogP) is 1.10. The van der Waals surface area contributed by atoms with Gasteiger partial charge in [0, 0.05) is 38.3 Å². The average molecular weight is 317 g/mol. The van der Waals surface area contributed by atoms with Gasteiger partial charge in [0.15, 0.2) is 0 Å². The largest absolute Gasteiger partial charge is 0.378 e. The van der Waals surface area contributed by atoms with Gasteiger partial charge in [0.25, 0.3) is 0 Å². The lowest BCUT2D eigenvalue weighted by atomic mass is 9.97. The normalized spacial score (nSPS) is 25.3. The molecule has 5 heteroatoms. The van der Waals surface area contributed by atoms with Crippen LogP contribution in [0, 0.1) is 0 Å². The van der Waals surface area contributed by atoms with Crippen LogP contribution in [-0.2, 0) is 16.1 Å². The van der Waals surface area contributed by atoms with Crippen LogP contribution >= 0.6 is 0 Å². The van der Waals surface area contributed by atoms with Crippen LogP contribution in [0.5, 0.6) is 0 Å². The van der Waals surface area contributed by atoms with Crippen LogP contribution in [0.4, 0.5) is 0 Å². The van der Waals surface area contributed by atoms with Crippen molar-refractivity contribution in [3.63, 3.8) is 0 Å². The van der Waals surface area contributed by atoms with Crippen molar-refractivity contribution < 1.29 is 9.53 Å². The second-order valence-electron chi connectivity index (χ2n) is 7.06. The molecule has 1 aromatic carbocycles. The van der Waals surface area contributed by atoms with Crippen LogP contribution in [0.25, 0.3) is 0 Å². The van der Waals surface area contributed by atoms with Gasteiger partial charge in [-0.25, -0.2) is 0 Å². The third-order valence-electron chi connectivity index (χ3n) is 4.82. The maximum Gasteiger partial charge on any atom is 0.242 e. The van der Waals surface area contributed by atoms with E-state index in [1.807, 2.05) is 11.0 Å². The first-order valence-corrected chi connectivity index (χ1v) is 8.45. The maximum absolute atomic E-state index is 12.7. The molecule has 0 spiro atoms. The molecule has 2 fully saturated rings. The number of carbonyl (C=O) groups excluding carboxylic acids is 1. The van der Waals surface area contributed by atoms with Crippen LogP contribution < -0.4 is 5.32 Å². The van der Waals surface area contributed by atoms with E-state index < -0.39 is 0 Å². The molecule has 2 aliphatic rings. The Morgan fingerprint density at radius 2 is 2.09 bits per heavy atom. The second-order valence-corrected chi connectivity index (χ2v) is 7.06. The van der Waals surface area contributed by atoms with Gasteiger partial charge >= 0.3 is 0 Å². The van der Waals surface area contributed by atoms with Gasteiger partial charge in [-0.05, 0) is 19.4 Å². The van der Waals surface area contributed by atoms with E-state index in [9.17, 15) is 4.79 Å². The molecule has 126 valence electrons. The molecule has 5 nitrogen and oxygen atoms in total. The van der Waals surface area contributed by atoms with Gasteiger partial charge in [0.05, 0.1) is 13.2 Å². The second kappa shape index (κ2) is 6.99. The topological polar surface area (TPSA) is 44.8 Å². The standard InChI is InChI=1S/C18H27N3O2/c1-18(2)14-20(17(22)16-13-23-11-8-19-16)9-10-21(18)12-15-6-4-3-5-7-15/h3-7,16,19H,8-14H2,1-2H3. The number of hydrogen-bond acceptors (Lipinski definition) is 4. The number of piperazine rings is 1. The highest BCUT2D eigenvalue weighted by Gasteiger charge is 2.37. The lowest BCUT2D eigenvalue weighted by Gasteiger charge is -2.48. The molecule has 0 saturated carbocycles. The summed E-state index contributed by atoms with van der Waals surface area (Å²) in [6, 6.07) is 10.4. The highest BCUT2D eigenvalue weighted by molar-refractivity contribution is 5.82. The van der Waals surface area contributed by atoms with Crippen molar-refractivity contribution in [2.45, 2.75) is 32.0 Å². The number of carbonyl (C=O) groups is 1. The maximum atomic E-state index is 12.7. The van der Waals surface area contributed by atoms with Gasteiger partial charge in [-0.3, -0.25) is 9.69 Å². The molecule has 2 heterocycles. The molecule has 1 atom stereocenters. The van der Waals surface area contributed by atoms with Crippen LogP contribution in [-0.4, -0.2) is 66.7 Å². The molecule has 0 bridgehead atoms. The summed E-state index contributed by atoms with van der Waals surface area (Å²) in [6.45, 7) is 9.77. The van der Waals surface area contributed by atoms with Gasteiger partial charge in [0.2, 0.25) is 5.91 Å². The number of amides is 1. The van der Waals surface area contributed by atoms with Crippen molar-refractivity contribution in [3.8, 4) is 0 Å². The number of rotatable bonds is 3. The summed E-state index contributed by atoms with van der Waals surface area (Å²) < 4.78 is 5.43. The van der Waals surface area contributed by atoms with Crippen molar-refractivity contribution in [3.05, 3.63) is 35.9 Å². The zero-order valence-electron chi connectivity index (χ0n) is 14.1. The Balaban J connectivity index is 1.61. The monoisotopic (exact) mass is 317 g/mol. The van der Waals surface area contributed by atoms with Gasteiger partial charge in [-0.1, -0.05) is 30.3 Å². The lowest BCUT2D eigenvalue weighted by molar-refractivity contribution is -0.141. The molecule has 23 heavy (non-hydrogen) atoms. The van der Waals surface area contributed by atoms with Gasteiger partial charge in [-0.2, -0.15) is 0 Å². The van der Waals surface area contributed by atoms with E-state index in [4.69, 9.17) is 4.74 Å². The third-order valence-corrected chi connectivity index (χ3v) is 4.82. The highest BCUT2D eigenvalue weighted by Crippen LogP contribution is 2.24. The minimum absolute atomic E-state index is 0.0285. The number of hydrogen-bond donors (Lipinski definition) is 1. The van der Waals surface area contributed by atoms with E-state index >= 15 is 0 Å². The van der Waals surface area contributed by atoms with E-state index in [2.05, 4.69) is 48.3 Å². The van der Waals surface area contributed by atoms with E-state index in [1.165, 1.54) is 5.56 Å². The molecule has 0 radical (unpaired) electrons. The molecular formula is C18H27N3O2. The minimum atomic E-state index is -0.180. The summed E-state index contributed by atoms with van der Waals surface area (Å²) in [7, 11) is 0. The van der Waals surface area contributed by atoms with E-state index in [-0.39, 0.29) is 17.5 Å². The number of morpholine rings is 1. The third kappa shape index (κ3) is 3.91. The van der Waals surface area contributed by atoms with E-state index in [0.29, 0.717) is 13.2 Å². The zero-order valence-corrected chi connectivity index (χ0v) is 14.1. The van der Waals surface area contributed by atoms with Crippen LogP contribution in [0.1, 0.15) is 19.4 Å². The fourth-order valence-corrected chi connectivity index (χ4v) is 3.42. The summed E-state index contributed by atoms with van der Waals surface area (Å²) in [6.07, 6.45) is 0. The van der Waals surface area contributed by atoms with Crippen molar-refractivity contribution in [2.75, 3.05) is 39.4 Å². The average Bonchev–Trinajstić information content (AvgIpc) is 2.57. The Bertz CT molecular complexity index is 526. The van der Waals surface area contributed by atoms with Crippen molar-refractivity contribution in [1.82, 2.24) is 15.1 Å². The molecule has 2 aliphatic heterocycles. The van der Waals surface area contributed by atoms with Gasteiger partial charge in [0.1, 0.15) is 6.04 Å². The molecule has 1 unspecified atom stereocenters. The Hall–Kier alpha value is -1.43. The predicted molar refractivity (Wildman–Crippen MR) is 90.1 cm³/mol. The molecular weight excluding hydrogens is 290 g/mol. The fourth-order valence-electron chi connectivity index (χ4n) is 3.42. The Labute approximate surface area is 138 Å². The van der Waals surface area contributed by atoms with E-state index in [1.54, 1.807) is 0 Å². The summed E-state index contributed by atoms with van der Waals surface area (Å²) in [5.41, 5.74) is 1.29. The molecule has 1 amide bonds. The molecule has 1 aromatic rings. The molecule has 3 rings (SSSR count). The summed E-state index contributed by atoms with van der Waals surface area (Å²) in [5, 5.41) is 3.26. The van der Waals surface area contributed by atoms with Gasteiger partial charge < -0.3 is 15.0 Å². The van der Waals surface area contributed by atoms with Crippen molar-refractivity contribution in [1.29, 1.82) is 0 Å². The first-order valence-electron chi connectivity index (χ1n) is 8.45. The van der Waals surface area contributed by atoms with Crippen molar-refractivity contribution in [2.24, 2.45) is 0 Å². The Morgan fingerprint density at radius 3 is 2.74 bits per heavy atom. The first-order chi connectivity index (χ1) is 11.1. The van der Waals surface area contributed by atoms with Gasteiger partial charge in [-0.15, -0.1) is 0 Å². The highest BCUT2D eigenvalue weighted by atomic mass is 16.5. The summed E-state index contributed by atoms with van der Waals surface area (Å²) in [4.78, 5) is 17.1. The molecule has 0 aromatic heterocycles. The number of ether oxygens (including phenoxy) is 1. The smallest absolute Gasteiger partial charge is 0.242 e. The lowest BCUT2D eigenvalue weighted by Crippen LogP contribution is -2.63. The quantitative estimate of drug-likeness (QED) is 0.907. The number of nitrogens with one attached hydrogen (secondary N) is 1. The van der Waals surface area contributed by atoms with Crippen LogP contribution in [0.15, 0.2) is 30.3 Å². The number of nitrogens with zero attached hydrogens (tertiary/aromatic N) is 2.